The summed E-state index contributed by atoms with van der Waals surface area (Å²) in [4.78, 5) is 13.9. The summed E-state index contributed by atoms with van der Waals surface area (Å²) in [5.41, 5.74) is 2.13. The standard InChI is InChI=1S/C19H18Cl2N2O2S/c1-11-12(2)26-19(23-5-3-4-6-23)17(11)18(25)22-10-16(24)13-7-14(20)9-15(21)8-13/h3-9,16,24H,10H2,1-2H3,(H,22,25). The Labute approximate surface area is 166 Å². The molecule has 0 bridgehead atoms. The molecule has 1 unspecified atom stereocenters. The Morgan fingerprint density at radius 3 is 2.42 bits per heavy atom. The molecule has 3 aromatic rings. The van der Waals surface area contributed by atoms with E-state index in [1.807, 2.05) is 42.9 Å². The van der Waals surface area contributed by atoms with Crippen LogP contribution in [0, 0.1) is 13.8 Å². The summed E-state index contributed by atoms with van der Waals surface area (Å²) in [7, 11) is 0. The first kappa shape index (κ1) is 19.0. The normalized spacial score (nSPS) is 12.2. The van der Waals surface area contributed by atoms with Crippen LogP contribution in [0.15, 0.2) is 42.7 Å². The molecule has 0 aliphatic heterocycles. The van der Waals surface area contributed by atoms with Crippen LogP contribution in [0.5, 0.6) is 0 Å². The van der Waals surface area contributed by atoms with Crippen molar-refractivity contribution in [2.75, 3.05) is 6.54 Å². The quantitative estimate of drug-likeness (QED) is 0.628. The number of aliphatic hydroxyl groups is 1. The summed E-state index contributed by atoms with van der Waals surface area (Å²) in [6.45, 7) is 3.99. The molecule has 2 aromatic heterocycles. The van der Waals surface area contributed by atoms with Gasteiger partial charge in [-0.2, -0.15) is 0 Å². The summed E-state index contributed by atoms with van der Waals surface area (Å²) < 4.78 is 1.92. The van der Waals surface area contributed by atoms with Gasteiger partial charge in [0.15, 0.2) is 0 Å². The Hall–Kier alpha value is -1.79. The summed E-state index contributed by atoms with van der Waals surface area (Å²) in [5.74, 6) is -0.220. The SMILES string of the molecule is Cc1sc(-n2cccc2)c(C(=O)NCC(O)c2cc(Cl)cc(Cl)c2)c1C. The van der Waals surface area contributed by atoms with E-state index < -0.39 is 6.10 Å². The van der Waals surface area contributed by atoms with Crippen molar-refractivity contribution in [2.45, 2.75) is 20.0 Å². The number of nitrogens with zero attached hydrogens (tertiary/aromatic N) is 1. The van der Waals surface area contributed by atoms with E-state index in [4.69, 9.17) is 23.2 Å². The summed E-state index contributed by atoms with van der Waals surface area (Å²) in [5, 5.41) is 14.9. The molecule has 0 saturated heterocycles. The lowest BCUT2D eigenvalue weighted by Gasteiger charge is -2.14. The minimum atomic E-state index is -0.898. The Morgan fingerprint density at radius 1 is 1.19 bits per heavy atom. The predicted octanol–water partition coefficient (Wildman–Crippen LogP) is 4.93. The largest absolute Gasteiger partial charge is 0.387 e. The van der Waals surface area contributed by atoms with Crippen molar-refractivity contribution in [1.29, 1.82) is 0 Å². The smallest absolute Gasteiger partial charge is 0.254 e. The zero-order valence-corrected chi connectivity index (χ0v) is 16.6. The van der Waals surface area contributed by atoms with E-state index in [0.717, 1.165) is 15.4 Å². The average molecular weight is 409 g/mol. The highest BCUT2D eigenvalue weighted by Crippen LogP contribution is 2.31. The molecule has 4 nitrogen and oxygen atoms in total. The molecule has 1 aromatic carbocycles. The topological polar surface area (TPSA) is 54.3 Å². The lowest BCUT2D eigenvalue weighted by molar-refractivity contribution is 0.0916. The first-order valence-corrected chi connectivity index (χ1v) is 9.59. The highest BCUT2D eigenvalue weighted by molar-refractivity contribution is 7.15. The number of aromatic nitrogens is 1. The van der Waals surface area contributed by atoms with E-state index in [-0.39, 0.29) is 12.5 Å². The van der Waals surface area contributed by atoms with Gasteiger partial charge in [-0.1, -0.05) is 23.2 Å². The van der Waals surface area contributed by atoms with Crippen molar-refractivity contribution >= 4 is 40.4 Å². The van der Waals surface area contributed by atoms with Gasteiger partial charge in [0.05, 0.1) is 11.7 Å². The molecule has 2 N–H and O–H groups in total. The van der Waals surface area contributed by atoms with Crippen LogP contribution >= 0.6 is 34.5 Å². The van der Waals surface area contributed by atoms with Crippen molar-refractivity contribution in [3.63, 3.8) is 0 Å². The number of benzene rings is 1. The molecule has 136 valence electrons. The maximum atomic E-state index is 12.8. The number of hydrogen-bond acceptors (Lipinski definition) is 3. The number of rotatable bonds is 5. The molecular formula is C19H18Cl2N2O2S. The van der Waals surface area contributed by atoms with Crippen molar-refractivity contribution in [2.24, 2.45) is 0 Å². The van der Waals surface area contributed by atoms with Gasteiger partial charge >= 0.3 is 0 Å². The molecule has 26 heavy (non-hydrogen) atoms. The van der Waals surface area contributed by atoms with E-state index in [0.29, 0.717) is 21.2 Å². The second-order valence-corrected chi connectivity index (χ2v) is 8.06. The van der Waals surface area contributed by atoms with Crippen molar-refractivity contribution < 1.29 is 9.90 Å². The van der Waals surface area contributed by atoms with Gasteiger partial charge in [-0.3, -0.25) is 4.79 Å². The zero-order valence-electron chi connectivity index (χ0n) is 14.3. The zero-order chi connectivity index (χ0) is 18.8. The minimum absolute atomic E-state index is 0.0644. The molecule has 0 aliphatic carbocycles. The second kappa shape index (κ2) is 7.84. The lowest BCUT2D eigenvalue weighted by Crippen LogP contribution is -2.29. The van der Waals surface area contributed by atoms with Gasteiger partial charge in [0.2, 0.25) is 0 Å². The first-order chi connectivity index (χ1) is 12.4. The number of carbonyl (C=O) groups is 1. The van der Waals surface area contributed by atoms with Gasteiger partial charge in [-0.25, -0.2) is 0 Å². The summed E-state index contributed by atoms with van der Waals surface area (Å²) >= 11 is 13.5. The van der Waals surface area contributed by atoms with Gasteiger partial charge < -0.3 is 15.0 Å². The first-order valence-electron chi connectivity index (χ1n) is 8.02. The number of aliphatic hydroxyl groups excluding tert-OH is 1. The molecular weight excluding hydrogens is 391 g/mol. The summed E-state index contributed by atoms with van der Waals surface area (Å²) in [6, 6.07) is 8.70. The molecule has 0 saturated carbocycles. The van der Waals surface area contributed by atoms with E-state index in [2.05, 4.69) is 5.32 Å². The van der Waals surface area contributed by atoms with Crippen LogP contribution < -0.4 is 5.32 Å². The Kier molecular flexibility index (Phi) is 5.73. The summed E-state index contributed by atoms with van der Waals surface area (Å²) in [6.07, 6.45) is 2.92. The molecule has 2 heterocycles. The molecule has 1 amide bonds. The molecule has 0 radical (unpaired) electrons. The average Bonchev–Trinajstić information content (AvgIpc) is 3.20. The Bertz CT molecular complexity index is 915. The third-order valence-corrected chi connectivity index (χ3v) is 5.82. The number of nitrogens with one attached hydrogen (secondary N) is 1. The Balaban J connectivity index is 1.78. The maximum absolute atomic E-state index is 12.8. The van der Waals surface area contributed by atoms with E-state index in [9.17, 15) is 9.90 Å². The third kappa shape index (κ3) is 3.96. The van der Waals surface area contributed by atoms with Crippen LogP contribution in [0.3, 0.4) is 0 Å². The van der Waals surface area contributed by atoms with Crippen LogP contribution in [0.1, 0.15) is 32.5 Å². The van der Waals surface area contributed by atoms with Crippen molar-refractivity contribution in [3.05, 3.63) is 74.3 Å². The second-order valence-electron chi connectivity index (χ2n) is 5.98. The van der Waals surface area contributed by atoms with Crippen LogP contribution in [-0.2, 0) is 0 Å². The third-order valence-electron chi connectivity index (χ3n) is 4.16. The molecule has 1 atom stereocenters. The maximum Gasteiger partial charge on any atom is 0.254 e. The highest BCUT2D eigenvalue weighted by atomic mass is 35.5. The number of aryl methyl sites for hydroxylation is 1. The number of carbonyl (C=O) groups excluding carboxylic acids is 1. The van der Waals surface area contributed by atoms with Gasteiger partial charge in [0.1, 0.15) is 5.00 Å². The monoisotopic (exact) mass is 408 g/mol. The molecule has 3 rings (SSSR count). The fraction of sp³-hybridized carbons (Fsp3) is 0.211. The highest BCUT2D eigenvalue weighted by Gasteiger charge is 2.21. The molecule has 0 aliphatic rings. The fourth-order valence-electron chi connectivity index (χ4n) is 2.69. The number of amides is 1. The molecule has 0 spiro atoms. The molecule has 0 fully saturated rings. The molecule has 7 heteroatoms. The van der Waals surface area contributed by atoms with E-state index >= 15 is 0 Å². The van der Waals surface area contributed by atoms with Crippen LogP contribution in [-0.4, -0.2) is 22.1 Å². The van der Waals surface area contributed by atoms with Gasteiger partial charge in [-0.15, -0.1) is 11.3 Å². The number of hydrogen-bond donors (Lipinski definition) is 2. The van der Waals surface area contributed by atoms with Crippen LogP contribution in [0.4, 0.5) is 0 Å². The van der Waals surface area contributed by atoms with Crippen molar-refractivity contribution in [1.82, 2.24) is 9.88 Å². The van der Waals surface area contributed by atoms with Gasteiger partial charge in [0, 0.05) is 33.9 Å². The Morgan fingerprint density at radius 2 is 1.81 bits per heavy atom. The fourth-order valence-corrected chi connectivity index (χ4v) is 4.35. The predicted molar refractivity (Wildman–Crippen MR) is 107 cm³/mol. The van der Waals surface area contributed by atoms with Crippen LogP contribution in [0.2, 0.25) is 10.0 Å². The van der Waals surface area contributed by atoms with Crippen LogP contribution in [0.25, 0.3) is 5.00 Å². The lowest BCUT2D eigenvalue weighted by atomic mass is 10.1. The number of halogens is 2. The van der Waals surface area contributed by atoms with E-state index in [1.54, 1.807) is 29.5 Å². The van der Waals surface area contributed by atoms with Gasteiger partial charge in [-0.05, 0) is 55.3 Å². The van der Waals surface area contributed by atoms with E-state index in [1.165, 1.54) is 0 Å². The minimum Gasteiger partial charge on any atom is -0.387 e. The number of thiophene rings is 1. The van der Waals surface area contributed by atoms with Crippen molar-refractivity contribution in [3.8, 4) is 5.00 Å². The van der Waals surface area contributed by atoms with Gasteiger partial charge in [0.25, 0.3) is 5.91 Å².